The second-order valence-electron chi connectivity index (χ2n) is 4.93. The summed E-state index contributed by atoms with van der Waals surface area (Å²) in [6, 6.07) is -0.480. The molecule has 0 saturated heterocycles. The molecule has 5 nitrogen and oxygen atoms in total. The predicted octanol–water partition coefficient (Wildman–Crippen LogP) is 2.31. The maximum atomic E-state index is 12.5. The summed E-state index contributed by atoms with van der Waals surface area (Å²) in [6.45, 7) is 5.35. The Morgan fingerprint density at radius 1 is 1.55 bits per heavy atom. The Morgan fingerprint density at radius 3 is 2.55 bits per heavy atom. The molecule has 0 aliphatic rings. The van der Waals surface area contributed by atoms with Gasteiger partial charge in [0.15, 0.2) is 0 Å². The Bertz CT molecular complexity index is 473. The van der Waals surface area contributed by atoms with Crippen molar-refractivity contribution in [3.63, 3.8) is 0 Å². The molecule has 114 valence electrons. The summed E-state index contributed by atoms with van der Waals surface area (Å²) in [4.78, 5) is 11.3. The van der Waals surface area contributed by atoms with Crippen molar-refractivity contribution in [1.82, 2.24) is 15.1 Å². The van der Waals surface area contributed by atoms with Gasteiger partial charge in [0.1, 0.15) is 5.54 Å². The lowest BCUT2D eigenvalue weighted by atomic mass is 9.93. The largest absolute Gasteiger partial charge is 0.480 e. The van der Waals surface area contributed by atoms with Gasteiger partial charge in [-0.25, -0.2) is 0 Å². The van der Waals surface area contributed by atoms with E-state index in [4.69, 9.17) is 0 Å². The first kappa shape index (κ1) is 16.5. The molecule has 1 heterocycles. The van der Waals surface area contributed by atoms with Crippen LogP contribution in [0, 0.1) is 0 Å². The molecule has 1 aromatic heterocycles. The van der Waals surface area contributed by atoms with Gasteiger partial charge in [0.2, 0.25) is 0 Å². The Hall–Kier alpha value is -1.57. The van der Waals surface area contributed by atoms with Crippen LogP contribution in [0.2, 0.25) is 0 Å². The van der Waals surface area contributed by atoms with Crippen molar-refractivity contribution in [2.75, 3.05) is 6.54 Å². The van der Waals surface area contributed by atoms with E-state index >= 15 is 0 Å². The average Bonchev–Trinajstić information content (AvgIpc) is 2.77. The van der Waals surface area contributed by atoms with E-state index in [1.165, 1.54) is 6.92 Å². The molecule has 2 atom stereocenters. The normalized spacial score (nSPS) is 16.7. The maximum absolute atomic E-state index is 12.5. The number of aromatic nitrogens is 2. The molecule has 1 rings (SSSR count). The van der Waals surface area contributed by atoms with E-state index in [0.717, 1.165) is 17.1 Å². The smallest absolute Gasteiger partial charge is 0.419 e. The first-order valence-electron chi connectivity index (χ1n) is 6.20. The van der Waals surface area contributed by atoms with Crippen molar-refractivity contribution in [2.45, 2.75) is 44.9 Å². The predicted molar refractivity (Wildman–Crippen MR) is 66.3 cm³/mol. The number of aliphatic carboxylic acids is 1. The number of hydrogen-bond acceptors (Lipinski definition) is 3. The minimum atomic E-state index is -4.45. The van der Waals surface area contributed by atoms with Crippen molar-refractivity contribution in [3.8, 4) is 0 Å². The Balaban J connectivity index is 2.87. The highest BCUT2D eigenvalue weighted by atomic mass is 19.4. The molecule has 0 amide bonds. The SMILES string of the molecule is CCNC(C)(CC(C)n1cc(C(F)(F)F)cn1)C(=O)O. The zero-order valence-corrected chi connectivity index (χ0v) is 11.5. The molecule has 0 bridgehead atoms. The highest BCUT2D eigenvalue weighted by Gasteiger charge is 2.36. The van der Waals surface area contributed by atoms with Gasteiger partial charge in [0.05, 0.1) is 17.8 Å². The lowest BCUT2D eigenvalue weighted by molar-refractivity contribution is -0.145. The van der Waals surface area contributed by atoms with Crippen LogP contribution in [-0.2, 0) is 11.0 Å². The quantitative estimate of drug-likeness (QED) is 0.844. The Morgan fingerprint density at radius 2 is 2.15 bits per heavy atom. The third kappa shape index (κ3) is 3.72. The molecule has 0 spiro atoms. The topological polar surface area (TPSA) is 67.2 Å². The van der Waals surface area contributed by atoms with E-state index in [1.807, 2.05) is 0 Å². The Labute approximate surface area is 114 Å². The number of halogens is 3. The van der Waals surface area contributed by atoms with Crippen molar-refractivity contribution in [1.29, 1.82) is 0 Å². The molecular weight excluding hydrogens is 275 g/mol. The molecule has 0 radical (unpaired) electrons. The molecule has 8 heteroatoms. The number of carbonyl (C=O) groups is 1. The molecule has 0 fully saturated rings. The van der Waals surface area contributed by atoms with E-state index in [9.17, 15) is 23.1 Å². The molecule has 20 heavy (non-hydrogen) atoms. The van der Waals surface area contributed by atoms with Gasteiger partial charge in [-0.05, 0) is 26.8 Å². The number of carboxylic acid groups (broad SMARTS) is 1. The lowest BCUT2D eigenvalue weighted by Crippen LogP contribution is -2.50. The summed E-state index contributed by atoms with van der Waals surface area (Å²) < 4.78 is 38.6. The fraction of sp³-hybridized carbons (Fsp3) is 0.667. The molecule has 0 aliphatic carbocycles. The molecular formula is C12H18F3N3O2. The zero-order chi connectivity index (χ0) is 15.6. The van der Waals surface area contributed by atoms with E-state index in [0.29, 0.717) is 6.54 Å². The summed E-state index contributed by atoms with van der Waals surface area (Å²) in [7, 11) is 0. The highest BCUT2D eigenvalue weighted by Crippen LogP contribution is 2.30. The second kappa shape index (κ2) is 5.82. The number of nitrogens with zero attached hydrogens (tertiary/aromatic N) is 2. The van der Waals surface area contributed by atoms with Crippen LogP contribution in [0.15, 0.2) is 12.4 Å². The number of carboxylic acids is 1. The molecule has 2 N–H and O–H groups in total. The molecule has 2 unspecified atom stereocenters. The average molecular weight is 293 g/mol. The number of alkyl halides is 3. The van der Waals surface area contributed by atoms with E-state index in [1.54, 1.807) is 13.8 Å². The number of hydrogen-bond donors (Lipinski definition) is 2. The van der Waals surface area contributed by atoms with Crippen LogP contribution in [0.25, 0.3) is 0 Å². The molecule has 0 aromatic carbocycles. The fourth-order valence-electron chi connectivity index (χ4n) is 2.04. The summed E-state index contributed by atoms with van der Waals surface area (Å²) in [5.74, 6) is -1.05. The summed E-state index contributed by atoms with van der Waals surface area (Å²) in [5, 5.41) is 15.7. The van der Waals surface area contributed by atoms with Gasteiger partial charge in [-0.15, -0.1) is 0 Å². The number of rotatable bonds is 6. The van der Waals surface area contributed by atoms with Crippen LogP contribution in [0.1, 0.15) is 38.8 Å². The number of likely N-dealkylation sites (N-methyl/N-ethyl adjacent to an activating group) is 1. The third-order valence-corrected chi connectivity index (χ3v) is 3.12. The van der Waals surface area contributed by atoms with Crippen molar-refractivity contribution < 1.29 is 23.1 Å². The van der Waals surface area contributed by atoms with E-state index in [-0.39, 0.29) is 6.42 Å². The highest BCUT2D eigenvalue weighted by molar-refractivity contribution is 5.78. The van der Waals surface area contributed by atoms with Crippen LogP contribution in [-0.4, -0.2) is 32.9 Å². The van der Waals surface area contributed by atoms with Crippen LogP contribution in [0.3, 0.4) is 0 Å². The zero-order valence-electron chi connectivity index (χ0n) is 11.5. The van der Waals surface area contributed by atoms with Gasteiger partial charge < -0.3 is 10.4 Å². The standard InChI is InChI=1S/C12H18F3N3O2/c1-4-16-11(3,10(19)20)5-8(2)18-7-9(6-17-18)12(13,14)15/h6-8,16H,4-5H2,1-3H3,(H,19,20). The van der Waals surface area contributed by atoms with Gasteiger partial charge >= 0.3 is 12.1 Å². The van der Waals surface area contributed by atoms with Crippen LogP contribution >= 0.6 is 0 Å². The number of nitrogens with one attached hydrogen (secondary N) is 1. The minimum absolute atomic E-state index is 0.120. The Kier molecular flexibility index (Phi) is 4.80. The van der Waals surface area contributed by atoms with E-state index in [2.05, 4.69) is 10.4 Å². The maximum Gasteiger partial charge on any atom is 0.419 e. The van der Waals surface area contributed by atoms with Gasteiger partial charge in [-0.2, -0.15) is 18.3 Å². The van der Waals surface area contributed by atoms with Crippen molar-refractivity contribution >= 4 is 5.97 Å². The molecule has 1 aromatic rings. The van der Waals surface area contributed by atoms with Crippen molar-refractivity contribution in [3.05, 3.63) is 18.0 Å². The van der Waals surface area contributed by atoms with Gasteiger partial charge in [-0.1, -0.05) is 6.92 Å². The van der Waals surface area contributed by atoms with Crippen LogP contribution in [0.4, 0.5) is 13.2 Å². The minimum Gasteiger partial charge on any atom is -0.480 e. The molecule has 0 aliphatic heterocycles. The van der Waals surface area contributed by atoms with Gasteiger partial charge in [0.25, 0.3) is 0 Å². The van der Waals surface area contributed by atoms with E-state index < -0.39 is 29.3 Å². The van der Waals surface area contributed by atoms with Crippen molar-refractivity contribution in [2.24, 2.45) is 0 Å². The fourth-order valence-corrected chi connectivity index (χ4v) is 2.04. The molecule has 0 saturated carbocycles. The summed E-state index contributed by atoms with van der Waals surface area (Å²) in [6.07, 6.45) is -2.70. The van der Waals surface area contributed by atoms with Crippen LogP contribution in [0.5, 0.6) is 0 Å². The first-order chi connectivity index (χ1) is 9.10. The monoisotopic (exact) mass is 293 g/mol. The van der Waals surface area contributed by atoms with Gasteiger partial charge in [0, 0.05) is 6.20 Å². The summed E-state index contributed by atoms with van der Waals surface area (Å²) >= 11 is 0. The second-order valence-corrected chi connectivity index (χ2v) is 4.93. The third-order valence-electron chi connectivity index (χ3n) is 3.12. The lowest BCUT2D eigenvalue weighted by Gasteiger charge is -2.28. The van der Waals surface area contributed by atoms with Gasteiger partial charge in [-0.3, -0.25) is 9.48 Å². The van der Waals surface area contributed by atoms with Crippen LogP contribution < -0.4 is 5.32 Å². The summed E-state index contributed by atoms with van der Waals surface area (Å²) in [5.41, 5.74) is -2.05. The first-order valence-corrected chi connectivity index (χ1v) is 6.20.